The molecule has 1 atom stereocenters. The van der Waals surface area contributed by atoms with Crippen molar-refractivity contribution in [1.29, 1.82) is 0 Å². The summed E-state index contributed by atoms with van der Waals surface area (Å²) >= 11 is 0. The molecule has 19 heavy (non-hydrogen) atoms. The molecule has 0 radical (unpaired) electrons. The standard InChI is InChI=1S/C14H13FN2O2/c1-9-7-13(18)17(14(9)19)11-4-5-12(15)10(8-11)3-2-6-16/h4-5,8-9H,6-7,16H2,1H3. The Labute approximate surface area is 110 Å². The first kappa shape index (κ1) is 13.2. The van der Waals surface area contributed by atoms with E-state index in [1.807, 2.05) is 0 Å². The average Bonchev–Trinajstić information content (AvgIpc) is 2.63. The summed E-state index contributed by atoms with van der Waals surface area (Å²) in [5, 5.41) is 0. The number of hydrogen-bond donors (Lipinski definition) is 1. The zero-order valence-corrected chi connectivity index (χ0v) is 10.4. The molecule has 0 saturated carbocycles. The van der Waals surface area contributed by atoms with Crippen LogP contribution in [0.15, 0.2) is 18.2 Å². The summed E-state index contributed by atoms with van der Waals surface area (Å²) < 4.78 is 13.5. The van der Waals surface area contributed by atoms with E-state index >= 15 is 0 Å². The number of halogens is 1. The van der Waals surface area contributed by atoms with Crippen LogP contribution in [0.2, 0.25) is 0 Å². The van der Waals surface area contributed by atoms with Crippen molar-refractivity contribution in [3.63, 3.8) is 0 Å². The summed E-state index contributed by atoms with van der Waals surface area (Å²) in [6.45, 7) is 1.81. The Morgan fingerprint density at radius 1 is 1.47 bits per heavy atom. The first-order valence-corrected chi connectivity index (χ1v) is 5.90. The van der Waals surface area contributed by atoms with Crippen LogP contribution in [0.25, 0.3) is 0 Å². The Kier molecular flexibility index (Phi) is 3.63. The maximum absolute atomic E-state index is 13.5. The molecule has 2 rings (SSSR count). The van der Waals surface area contributed by atoms with Crippen LogP contribution in [-0.2, 0) is 9.59 Å². The van der Waals surface area contributed by atoms with Crippen molar-refractivity contribution in [3.8, 4) is 11.8 Å². The van der Waals surface area contributed by atoms with Gasteiger partial charge in [0.1, 0.15) is 5.82 Å². The Balaban J connectivity index is 2.41. The second-order valence-corrected chi connectivity index (χ2v) is 4.34. The second-order valence-electron chi connectivity index (χ2n) is 4.34. The van der Waals surface area contributed by atoms with Gasteiger partial charge in [0, 0.05) is 12.3 Å². The number of carbonyl (C=O) groups excluding carboxylic acids is 2. The minimum atomic E-state index is -0.503. The van der Waals surface area contributed by atoms with E-state index in [-0.39, 0.29) is 36.3 Å². The van der Waals surface area contributed by atoms with E-state index in [0.717, 1.165) is 4.90 Å². The fourth-order valence-electron chi connectivity index (χ4n) is 1.95. The van der Waals surface area contributed by atoms with Gasteiger partial charge in [0.2, 0.25) is 11.8 Å². The van der Waals surface area contributed by atoms with E-state index in [2.05, 4.69) is 11.8 Å². The molecule has 98 valence electrons. The van der Waals surface area contributed by atoms with E-state index in [4.69, 9.17) is 5.73 Å². The Hall–Kier alpha value is -2.19. The highest BCUT2D eigenvalue weighted by Crippen LogP contribution is 2.27. The molecule has 0 bridgehead atoms. The van der Waals surface area contributed by atoms with Crippen molar-refractivity contribution in [2.45, 2.75) is 13.3 Å². The minimum Gasteiger partial charge on any atom is -0.320 e. The monoisotopic (exact) mass is 260 g/mol. The van der Waals surface area contributed by atoms with Crippen LogP contribution in [-0.4, -0.2) is 18.4 Å². The lowest BCUT2D eigenvalue weighted by Gasteiger charge is -2.14. The quantitative estimate of drug-likeness (QED) is 0.606. The maximum Gasteiger partial charge on any atom is 0.237 e. The van der Waals surface area contributed by atoms with Crippen molar-refractivity contribution in [2.75, 3.05) is 11.4 Å². The normalized spacial score (nSPS) is 18.5. The topological polar surface area (TPSA) is 63.4 Å². The van der Waals surface area contributed by atoms with E-state index in [9.17, 15) is 14.0 Å². The Morgan fingerprint density at radius 3 is 2.79 bits per heavy atom. The summed E-state index contributed by atoms with van der Waals surface area (Å²) in [4.78, 5) is 24.7. The molecule has 2 N–H and O–H groups in total. The van der Waals surface area contributed by atoms with Crippen LogP contribution in [0, 0.1) is 23.6 Å². The number of nitrogens with two attached hydrogens (primary N) is 1. The number of amides is 2. The van der Waals surface area contributed by atoms with E-state index in [0.29, 0.717) is 5.69 Å². The van der Waals surface area contributed by atoms with Crippen molar-refractivity contribution in [3.05, 3.63) is 29.6 Å². The lowest BCUT2D eigenvalue weighted by molar-refractivity contribution is -0.122. The number of benzene rings is 1. The van der Waals surface area contributed by atoms with Gasteiger partial charge in [-0.2, -0.15) is 0 Å². The van der Waals surface area contributed by atoms with E-state index < -0.39 is 5.82 Å². The lowest BCUT2D eigenvalue weighted by atomic mass is 10.1. The van der Waals surface area contributed by atoms with Gasteiger partial charge in [-0.05, 0) is 18.2 Å². The van der Waals surface area contributed by atoms with Crippen LogP contribution in [0.5, 0.6) is 0 Å². The predicted molar refractivity (Wildman–Crippen MR) is 68.6 cm³/mol. The summed E-state index contributed by atoms with van der Waals surface area (Å²) in [6.07, 6.45) is 0.181. The molecule has 2 amide bonds. The summed E-state index contributed by atoms with van der Waals surface area (Å²) in [5.74, 6) is 3.74. The highest BCUT2D eigenvalue weighted by Gasteiger charge is 2.36. The molecule has 1 fully saturated rings. The number of rotatable bonds is 1. The van der Waals surface area contributed by atoms with Gasteiger partial charge in [-0.25, -0.2) is 4.39 Å². The van der Waals surface area contributed by atoms with Gasteiger partial charge in [-0.15, -0.1) is 0 Å². The average molecular weight is 260 g/mol. The van der Waals surface area contributed by atoms with Gasteiger partial charge in [-0.3, -0.25) is 14.5 Å². The van der Waals surface area contributed by atoms with Crippen LogP contribution < -0.4 is 10.6 Å². The first-order chi connectivity index (χ1) is 9.04. The zero-order chi connectivity index (χ0) is 14.0. The first-order valence-electron chi connectivity index (χ1n) is 5.90. The molecular formula is C14H13FN2O2. The van der Waals surface area contributed by atoms with Gasteiger partial charge < -0.3 is 5.73 Å². The molecule has 4 nitrogen and oxygen atoms in total. The largest absolute Gasteiger partial charge is 0.320 e. The second kappa shape index (κ2) is 5.21. The summed E-state index contributed by atoms with van der Waals surface area (Å²) in [5.41, 5.74) is 5.71. The molecule has 1 aliphatic heterocycles. The molecular weight excluding hydrogens is 247 g/mol. The van der Waals surface area contributed by atoms with Crippen LogP contribution in [0.4, 0.5) is 10.1 Å². The fraction of sp³-hybridized carbons (Fsp3) is 0.286. The van der Waals surface area contributed by atoms with Crippen molar-refractivity contribution >= 4 is 17.5 Å². The third kappa shape index (κ3) is 2.49. The highest BCUT2D eigenvalue weighted by molar-refractivity contribution is 6.20. The molecule has 1 aromatic rings. The molecule has 1 saturated heterocycles. The van der Waals surface area contributed by atoms with Crippen LogP contribution in [0.3, 0.4) is 0 Å². The minimum absolute atomic E-state index is 0.113. The van der Waals surface area contributed by atoms with Crippen LogP contribution in [0.1, 0.15) is 18.9 Å². The number of anilines is 1. The van der Waals surface area contributed by atoms with E-state index in [1.54, 1.807) is 6.92 Å². The summed E-state index contributed by atoms with van der Waals surface area (Å²) in [7, 11) is 0. The van der Waals surface area contributed by atoms with Gasteiger partial charge in [0.25, 0.3) is 0 Å². The lowest BCUT2D eigenvalue weighted by Crippen LogP contribution is -2.30. The van der Waals surface area contributed by atoms with Crippen molar-refractivity contribution in [1.82, 2.24) is 0 Å². The van der Waals surface area contributed by atoms with Gasteiger partial charge in [0.15, 0.2) is 0 Å². The van der Waals surface area contributed by atoms with Gasteiger partial charge >= 0.3 is 0 Å². The third-order valence-electron chi connectivity index (χ3n) is 2.91. The number of imide groups is 1. The van der Waals surface area contributed by atoms with Crippen LogP contribution >= 0.6 is 0 Å². The number of hydrogen-bond acceptors (Lipinski definition) is 3. The number of carbonyl (C=O) groups is 2. The SMILES string of the molecule is CC1CC(=O)N(c2ccc(F)c(C#CCN)c2)C1=O. The molecule has 1 unspecified atom stereocenters. The van der Waals surface area contributed by atoms with Crippen molar-refractivity contribution < 1.29 is 14.0 Å². The zero-order valence-electron chi connectivity index (χ0n) is 10.4. The highest BCUT2D eigenvalue weighted by atomic mass is 19.1. The third-order valence-corrected chi connectivity index (χ3v) is 2.91. The molecule has 0 aromatic heterocycles. The molecule has 1 aliphatic rings. The maximum atomic E-state index is 13.5. The molecule has 0 aliphatic carbocycles. The van der Waals surface area contributed by atoms with Gasteiger partial charge in [0.05, 0.1) is 17.8 Å². The summed E-state index contributed by atoms with van der Waals surface area (Å²) in [6, 6.07) is 3.99. The van der Waals surface area contributed by atoms with E-state index in [1.165, 1.54) is 18.2 Å². The predicted octanol–water partition coefficient (Wildman–Crippen LogP) is 1.04. The molecule has 5 heteroatoms. The molecule has 1 heterocycles. The van der Waals surface area contributed by atoms with Gasteiger partial charge in [-0.1, -0.05) is 18.8 Å². The molecule has 1 aromatic carbocycles. The number of nitrogens with zero attached hydrogens (tertiary/aromatic N) is 1. The molecule has 0 spiro atoms. The van der Waals surface area contributed by atoms with Crippen molar-refractivity contribution in [2.24, 2.45) is 11.7 Å². The Morgan fingerprint density at radius 2 is 2.21 bits per heavy atom. The fourth-order valence-corrected chi connectivity index (χ4v) is 1.95. The Bertz CT molecular complexity index is 601. The smallest absolute Gasteiger partial charge is 0.237 e.